The number of hydrogen-bond donors (Lipinski definition) is 7. The van der Waals surface area contributed by atoms with E-state index in [1.165, 1.54) is 12.2 Å². The molecule has 0 saturated carbocycles. The van der Waals surface area contributed by atoms with Crippen LogP contribution in [-0.4, -0.2) is 139 Å². The van der Waals surface area contributed by atoms with Crippen LogP contribution in [0.15, 0.2) is 12.2 Å². The van der Waals surface area contributed by atoms with E-state index in [4.69, 9.17) is 14.2 Å². The zero-order valence-corrected chi connectivity index (χ0v) is 31.6. The van der Waals surface area contributed by atoms with Crippen molar-refractivity contribution in [3.63, 3.8) is 0 Å². The van der Waals surface area contributed by atoms with Gasteiger partial charge in [-0.25, -0.2) is 0 Å². The number of nitrogens with one attached hydrogen (secondary N) is 4. The minimum atomic E-state index is -1.15. The molecule has 1 saturated heterocycles. The molecular formula is C37H63N5O12. The van der Waals surface area contributed by atoms with Crippen LogP contribution in [0.4, 0.5) is 0 Å². The predicted octanol–water partition coefficient (Wildman–Crippen LogP) is 0.0900. The van der Waals surface area contributed by atoms with Crippen LogP contribution in [-0.2, 0) is 43.0 Å². The topological polar surface area (TPSA) is 242 Å². The molecule has 0 aromatic carbocycles. The van der Waals surface area contributed by atoms with E-state index < -0.39 is 31.2 Å². The van der Waals surface area contributed by atoms with Gasteiger partial charge in [0.05, 0.1) is 25.9 Å². The van der Waals surface area contributed by atoms with Gasteiger partial charge in [-0.05, 0) is 32.1 Å². The Balaban J connectivity index is 1.27. The third kappa shape index (κ3) is 21.4. The fourth-order valence-electron chi connectivity index (χ4n) is 5.79. The second-order valence-corrected chi connectivity index (χ2v) is 13.5. The zero-order valence-electron chi connectivity index (χ0n) is 31.6. The van der Waals surface area contributed by atoms with Gasteiger partial charge in [0.1, 0.15) is 12.2 Å². The van der Waals surface area contributed by atoms with E-state index in [0.29, 0.717) is 71.4 Å². The van der Waals surface area contributed by atoms with E-state index in [-0.39, 0.29) is 68.0 Å². The molecule has 2 aliphatic heterocycles. The molecule has 0 aliphatic carbocycles. The molecule has 0 aromatic rings. The molecule has 2 heterocycles. The van der Waals surface area contributed by atoms with Crippen LogP contribution >= 0.6 is 0 Å². The Morgan fingerprint density at radius 1 is 0.648 bits per heavy atom. The highest BCUT2D eigenvalue weighted by molar-refractivity contribution is 6.12. The summed E-state index contributed by atoms with van der Waals surface area (Å²) in [4.78, 5) is 72.0. The van der Waals surface area contributed by atoms with Crippen LogP contribution in [0.2, 0.25) is 0 Å². The summed E-state index contributed by atoms with van der Waals surface area (Å²) in [6, 6.07) is 0. The Kier molecular flexibility index (Phi) is 25.0. The van der Waals surface area contributed by atoms with E-state index in [9.17, 15) is 44.1 Å². The lowest BCUT2D eigenvalue weighted by molar-refractivity contribution is -0.256. The summed E-state index contributed by atoms with van der Waals surface area (Å²) in [5, 5.41) is 39.9. The second-order valence-electron chi connectivity index (χ2n) is 13.5. The van der Waals surface area contributed by atoms with Crippen molar-refractivity contribution < 1.29 is 58.3 Å². The van der Waals surface area contributed by atoms with Gasteiger partial charge in [0.2, 0.25) is 23.6 Å². The Morgan fingerprint density at radius 3 is 1.72 bits per heavy atom. The standard InChI is InChI=1S/C37H63N5O12/c43-27-29-37(51)28(44)26-36(54-29)53-23-10-9-14-30(45)38-18-11-19-39-33(48)17-24-52-25-21-41-32(47)13-8-6-4-2-1-3-5-7-12-31(46)40-20-22-42-34(49)15-16-35(42)50/h15-16,28-29,36-37,43-44,51H,1-14,17-27H2,(H,38,45)(H,39,48)(H,40,46)(H,41,47). The summed E-state index contributed by atoms with van der Waals surface area (Å²) < 4.78 is 16.4. The molecule has 2 rings (SSSR count). The van der Waals surface area contributed by atoms with Crippen LogP contribution in [0.1, 0.15) is 103 Å². The van der Waals surface area contributed by atoms with Gasteiger partial charge in [-0.2, -0.15) is 0 Å². The van der Waals surface area contributed by atoms with Crippen molar-refractivity contribution in [3.8, 4) is 0 Å². The minimum absolute atomic E-state index is 0.0166. The lowest BCUT2D eigenvalue weighted by Crippen LogP contribution is -2.50. The van der Waals surface area contributed by atoms with Gasteiger partial charge < -0.3 is 50.8 Å². The highest BCUT2D eigenvalue weighted by Crippen LogP contribution is 2.21. The fraction of sp³-hybridized carbons (Fsp3) is 0.784. The van der Waals surface area contributed by atoms with Gasteiger partial charge in [0.15, 0.2) is 6.29 Å². The van der Waals surface area contributed by atoms with Crippen LogP contribution in [0.5, 0.6) is 0 Å². The van der Waals surface area contributed by atoms with E-state index in [1.807, 2.05) is 0 Å². The molecular weight excluding hydrogens is 706 g/mol. The molecule has 7 N–H and O–H groups in total. The van der Waals surface area contributed by atoms with E-state index in [0.717, 1.165) is 56.3 Å². The molecule has 0 bridgehead atoms. The van der Waals surface area contributed by atoms with E-state index in [1.54, 1.807) is 0 Å². The average molecular weight is 770 g/mol. The Hall–Kier alpha value is -3.48. The summed E-state index contributed by atoms with van der Waals surface area (Å²) >= 11 is 0. The monoisotopic (exact) mass is 769 g/mol. The molecule has 4 unspecified atom stereocenters. The van der Waals surface area contributed by atoms with Crippen molar-refractivity contribution in [3.05, 3.63) is 12.2 Å². The smallest absolute Gasteiger partial charge is 0.253 e. The van der Waals surface area contributed by atoms with Crippen molar-refractivity contribution >= 4 is 35.4 Å². The fourth-order valence-corrected chi connectivity index (χ4v) is 5.79. The number of imide groups is 1. The van der Waals surface area contributed by atoms with Gasteiger partial charge >= 0.3 is 0 Å². The van der Waals surface area contributed by atoms with Crippen LogP contribution in [0.25, 0.3) is 0 Å². The van der Waals surface area contributed by atoms with Gasteiger partial charge in [-0.15, -0.1) is 0 Å². The number of carbonyl (C=O) groups is 6. The number of hydrogen-bond acceptors (Lipinski definition) is 12. The first kappa shape index (κ1) is 46.7. The number of aliphatic hydroxyl groups excluding tert-OH is 3. The lowest BCUT2D eigenvalue weighted by Gasteiger charge is -2.36. The maximum Gasteiger partial charge on any atom is 0.253 e. The summed E-state index contributed by atoms with van der Waals surface area (Å²) in [6.07, 6.45) is 9.84. The molecule has 1 fully saturated rings. The van der Waals surface area contributed by atoms with Crippen molar-refractivity contribution in [1.82, 2.24) is 26.2 Å². The third-order valence-electron chi connectivity index (χ3n) is 8.97. The second kappa shape index (κ2) is 28.9. The van der Waals surface area contributed by atoms with Gasteiger partial charge in [-0.1, -0.05) is 38.5 Å². The molecule has 6 amide bonds. The summed E-state index contributed by atoms with van der Waals surface area (Å²) in [5.41, 5.74) is 0. The number of ether oxygens (including phenoxy) is 3. The molecule has 2 aliphatic rings. The number of nitrogens with zero attached hydrogens (tertiary/aromatic N) is 1. The Morgan fingerprint density at radius 2 is 1.15 bits per heavy atom. The van der Waals surface area contributed by atoms with Gasteiger partial charge in [-0.3, -0.25) is 33.7 Å². The molecule has 308 valence electrons. The molecule has 54 heavy (non-hydrogen) atoms. The minimum Gasteiger partial charge on any atom is -0.394 e. The highest BCUT2D eigenvalue weighted by atomic mass is 16.7. The molecule has 17 nitrogen and oxygen atoms in total. The number of amides is 6. The van der Waals surface area contributed by atoms with Crippen molar-refractivity contribution in [2.45, 2.75) is 127 Å². The number of unbranched alkanes of at least 4 members (excludes halogenated alkanes) is 8. The molecule has 0 radical (unpaired) electrons. The molecule has 17 heteroatoms. The lowest BCUT2D eigenvalue weighted by atomic mass is 10.0. The number of carbonyl (C=O) groups excluding carboxylic acids is 6. The SMILES string of the molecule is O=C(CCCCOC1CC(O)C(O)C(CO)O1)NCCCNC(=O)CCOCCNC(=O)CCCCCCCCCCC(=O)NCCN1C(=O)C=CC1=O. The summed E-state index contributed by atoms with van der Waals surface area (Å²) in [6.45, 7) is 2.16. The van der Waals surface area contributed by atoms with E-state index >= 15 is 0 Å². The molecule has 0 spiro atoms. The predicted molar refractivity (Wildman–Crippen MR) is 196 cm³/mol. The van der Waals surface area contributed by atoms with Crippen molar-refractivity contribution in [2.24, 2.45) is 0 Å². The maximum atomic E-state index is 12.0. The van der Waals surface area contributed by atoms with Gasteiger partial charge in [0, 0.05) is 83.6 Å². The normalized spacial score (nSPS) is 19.6. The average Bonchev–Trinajstić information content (AvgIpc) is 3.47. The van der Waals surface area contributed by atoms with Crippen LogP contribution in [0.3, 0.4) is 0 Å². The highest BCUT2D eigenvalue weighted by Gasteiger charge is 2.36. The first-order valence-corrected chi connectivity index (χ1v) is 19.5. The number of rotatable bonds is 31. The van der Waals surface area contributed by atoms with Crippen LogP contribution in [0, 0.1) is 0 Å². The largest absolute Gasteiger partial charge is 0.394 e. The van der Waals surface area contributed by atoms with Gasteiger partial charge in [0.25, 0.3) is 11.8 Å². The summed E-state index contributed by atoms with van der Waals surface area (Å²) in [5.74, 6) is -1.03. The molecule has 4 atom stereocenters. The first-order valence-electron chi connectivity index (χ1n) is 19.5. The van der Waals surface area contributed by atoms with E-state index in [2.05, 4.69) is 21.3 Å². The zero-order chi connectivity index (χ0) is 39.4. The third-order valence-corrected chi connectivity index (χ3v) is 8.97. The van der Waals surface area contributed by atoms with Crippen molar-refractivity contribution in [1.29, 1.82) is 0 Å². The van der Waals surface area contributed by atoms with Crippen molar-refractivity contribution in [2.75, 3.05) is 59.2 Å². The Labute approximate surface area is 318 Å². The first-order chi connectivity index (χ1) is 26.1. The summed E-state index contributed by atoms with van der Waals surface area (Å²) in [7, 11) is 0. The quantitative estimate of drug-likeness (QED) is 0.0367. The Bertz CT molecular complexity index is 1150. The maximum absolute atomic E-state index is 12.0. The molecule has 0 aromatic heterocycles. The van der Waals surface area contributed by atoms with Crippen LogP contribution < -0.4 is 21.3 Å². The number of aliphatic hydroxyl groups is 3.